The van der Waals surface area contributed by atoms with Crippen LogP contribution in [-0.2, 0) is 14.8 Å². The fraction of sp³-hybridized carbons (Fsp3) is 0.238. The predicted octanol–water partition coefficient (Wildman–Crippen LogP) is 4.62. The second-order valence-corrected chi connectivity index (χ2v) is 8.82. The van der Waals surface area contributed by atoms with Crippen LogP contribution in [0.1, 0.15) is 31.7 Å². The Labute approximate surface area is 178 Å². The van der Waals surface area contributed by atoms with Gasteiger partial charge in [-0.05, 0) is 36.8 Å². The van der Waals surface area contributed by atoms with Crippen molar-refractivity contribution >= 4 is 33.2 Å². The summed E-state index contributed by atoms with van der Waals surface area (Å²) in [6.07, 6.45) is 3.52. The van der Waals surface area contributed by atoms with Crippen LogP contribution in [0.3, 0.4) is 0 Å². The van der Waals surface area contributed by atoms with E-state index >= 15 is 0 Å². The first-order valence-corrected chi connectivity index (χ1v) is 11.2. The van der Waals surface area contributed by atoms with Crippen LogP contribution in [-0.4, -0.2) is 20.0 Å². The number of sulfonamides is 1. The lowest BCUT2D eigenvalue weighted by molar-refractivity contribution is -0.115. The molecule has 0 bridgehead atoms. The molecule has 1 aliphatic heterocycles. The van der Waals surface area contributed by atoms with Gasteiger partial charge in [-0.1, -0.05) is 49.6 Å². The molecule has 0 aliphatic carbocycles. The minimum Gasteiger partial charge on any atom is -0.266 e. The van der Waals surface area contributed by atoms with E-state index in [1.807, 2.05) is 11.6 Å². The quantitative estimate of drug-likeness (QED) is 0.666. The molecule has 0 spiro atoms. The summed E-state index contributed by atoms with van der Waals surface area (Å²) in [6.45, 7) is 1.96. The molecule has 158 valence electrons. The maximum Gasteiger partial charge on any atom is 0.283 e. The zero-order valence-electron chi connectivity index (χ0n) is 16.0. The monoisotopic (exact) mass is 452 g/mol. The standard InChI is InChI=1S/C21H19ClF2N2O3S/c1-2-3-7-13-12-17(25-20(13)19-15(23)9-6-10-16(19)24)21(27)26-30(28,29)18-11-5-4-8-14(18)22/h4-6,8-13H,2-3,7H2,1H3,(H,26,27). The Morgan fingerprint density at radius 2 is 1.80 bits per heavy atom. The lowest BCUT2D eigenvalue weighted by Crippen LogP contribution is -2.31. The number of hydrogen-bond acceptors (Lipinski definition) is 4. The highest BCUT2D eigenvalue weighted by molar-refractivity contribution is 7.90. The van der Waals surface area contributed by atoms with E-state index in [1.165, 1.54) is 30.3 Å². The van der Waals surface area contributed by atoms with Crippen LogP contribution in [0.25, 0.3) is 0 Å². The summed E-state index contributed by atoms with van der Waals surface area (Å²) in [5.74, 6) is -3.11. The van der Waals surface area contributed by atoms with Gasteiger partial charge >= 0.3 is 0 Å². The highest BCUT2D eigenvalue weighted by Crippen LogP contribution is 2.29. The number of allylic oxidation sites excluding steroid dienone is 1. The average molecular weight is 453 g/mol. The fourth-order valence-corrected chi connectivity index (χ4v) is 4.65. The van der Waals surface area contributed by atoms with Crippen molar-refractivity contribution in [2.45, 2.75) is 31.1 Å². The van der Waals surface area contributed by atoms with Gasteiger partial charge in [0.05, 0.1) is 16.3 Å². The number of carbonyl (C=O) groups is 1. The maximum absolute atomic E-state index is 14.3. The lowest BCUT2D eigenvalue weighted by atomic mass is 9.92. The second-order valence-electron chi connectivity index (χ2n) is 6.76. The third-order valence-corrected chi connectivity index (χ3v) is 6.46. The fourth-order valence-electron chi connectivity index (χ4n) is 3.17. The van der Waals surface area contributed by atoms with Crippen molar-refractivity contribution in [1.29, 1.82) is 0 Å². The molecule has 0 aromatic heterocycles. The van der Waals surface area contributed by atoms with Crippen molar-refractivity contribution in [2.24, 2.45) is 10.9 Å². The Morgan fingerprint density at radius 3 is 2.43 bits per heavy atom. The van der Waals surface area contributed by atoms with Crippen molar-refractivity contribution in [3.63, 3.8) is 0 Å². The van der Waals surface area contributed by atoms with Crippen molar-refractivity contribution < 1.29 is 22.0 Å². The van der Waals surface area contributed by atoms with E-state index < -0.39 is 33.5 Å². The summed E-state index contributed by atoms with van der Waals surface area (Å²) in [5.41, 5.74) is -0.463. The van der Waals surface area contributed by atoms with Gasteiger partial charge in [-0.2, -0.15) is 0 Å². The third kappa shape index (κ3) is 4.60. The van der Waals surface area contributed by atoms with Crippen LogP contribution in [0.15, 0.2) is 64.1 Å². The smallest absolute Gasteiger partial charge is 0.266 e. The molecule has 1 heterocycles. The van der Waals surface area contributed by atoms with Crippen molar-refractivity contribution in [1.82, 2.24) is 4.72 Å². The van der Waals surface area contributed by atoms with Crippen LogP contribution in [0, 0.1) is 17.6 Å². The number of benzene rings is 2. The number of rotatable bonds is 7. The molecule has 1 aliphatic rings. The van der Waals surface area contributed by atoms with Crippen LogP contribution in [0.4, 0.5) is 8.78 Å². The second kappa shape index (κ2) is 9.06. The van der Waals surface area contributed by atoms with E-state index in [0.29, 0.717) is 6.42 Å². The largest absolute Gasteiger partial charge is 0.283 e. The molecule has 0 saturated heterocycles. The van der Waals surface area contributed by atoms with E-state index in [1.54, 1.807) is 6.07 Å². The summed E-state index contributed by atoms with van der Waals surface area (Å²) in [6, 6.07) is 9.12. The normalized spacial score (nSPS) is 16.2. The molecule has 0 saturated carbocycles. The predicted molar refractivity (Wildman–Crippen MR) is 111 cm³/mol. The number of nitrogens with zero attached hydrogens (tertiary/aromatic N) is 1. The van der Waals surface area contributed by atoms with Gasteiger partial charge in [-0.15, -0.1) is 0 Å². The molecule has 30 heavy (non-hydrogen) atoms. The van der Waals surface area contributed by atoms with Gasteiger partial charge in [0.2, 0.25) is 0 Å². The number of carbonyl (C=O) groups excluding carboxylic acids is 1. The molecular weight excluding hydrogens is 434 g/mol. The average Bonchev–Trinajstić information content (AvgIpc) is 3.10. The molecule has 0 fully saturated rings. The Kier molecular flexibility index (Phi) is 6.67. The number of aliphatic imine (C=N–C) groups is 1. The highest BCUT2D eigenvalue weighted by Gasteiger charge is 2.31. The van der Waals surface area contributed by atoms with E-state index in [0.717, 1.165) is 25.0 Å². The first-order chi connectivity index (χ1) is 14.2. The number of unbranched alkanes of at least 4 members (excludes halogenated alkanes) is 1. The molecule has 1 atom stereocenters. The molecule has 2 aromatic rings. The van der Waals surface area contributed by atoms with Crippen LogP contribution in [0.5, 0.6) is 0 Å². The topological polar surface area (TPSA) is 75.6 Å². The van der Waals surface area contributed by atoms with Gasteiger partial charge in [0.1, 0.15) is 22.2 Å². The molecular formula is C21H19ClF2N2O3S. The lowest BCUT2D eigenvalue weighted by Gasteiger charge is -2.12. The minimum absolute atomic E-state index is 0.0448. The van der Waals surface area contributed by atoms with Crippen LogP contribution in [0.2, 0.25) is 5.02 Å². The van der Waals surface area contributed by atoms with Crippen LogP contribution >= 0.6 is 11.6 Å². The van der Waals surface area contributed by atoms with Gasteiger partial charge in [0.25, 0.3) is 15.9 Å². The molecule has 3 rings (SSSR count). The van der Waals surface area contributed by atoms with Gasteiger partial charge in [0.15, 0.2) is 0 Å². The Bertz CT molecular complexity index is 1130. The first-order valence-electron chi connectivity index (χ1n) is 9.31. The summed E-state index contributed by atoms with van der Waals surface area (Å²) in [5, 5.41) is -0.0448. The SMILES string of the molecule is CCCCC1C=C(C(=O)NS(=O)(=O)c2ccccc2Cl)N=C1c1c(F)cccc1F. The molecule has 1 unspecified atom stereocenters. The van der Waals surface area contributed by atoms with E-state index in [-0.39, 0.29) is 26.9 Å². The molecule has 2 aromatic carbocycles. The zero-order valence-corrected chi connectivity index (χ0v) is 17.6. The summed E-state index contributed by atoms with van der Waals surface area (Å²) in [7, 11) is -4.25. The van der Waals surface area contributed by atoms with Crippen molar-refractivity contribution in [2.75, 3.05) is 0 Å². The molecule has 0 radical (unpaired) electrons. The van der Waals surface area contributed by atoms with Gasteiger partial charge in [-0.3, -0.25) is 4.79 Å². The number of halogens is 3. The molecule has 5 nitrogen and oxygen atoms in total. The summed E-state index contributed by atoms with van der Waals surface area (Å²) >= 11 is 5.91. The van der Waals surface area contributed by atoms with Crippen molar-refractivity contribution in [3.8, 4) is 0 Å². The molecule has 9 heteroatoms. The molecule has 1 N–H and O–H groups in total. The first kappa shape index (κ1) is 22.1. The van der Waals surface area contributed by atoms with E-state index in [2.05, 4.69) is 4.99 Å². The summed E-state index contributed by atoms with van der Waals surface area (Å²) in [4.78, 5) is 16.5. The molecule has 1 amide bonds. The van der Waals surface area contributed by atoms with E-state index in [9.17, 15) is 22.0 Å². The number of amides is 1. The van der Waals surface area contributed by atoms with E-state index in [4.69, 9.17) is 11.6 Å². The minimum atomic E-state index is -4.25. The highest BCUT2D eigenvalue weighted by atomic mass is 35.5. The summed E-state index contributed by atoms with van der Waals surface area (Å²) < 4.78 is 55.6. The van der Waals surface area contributed by atoms with Gasteiger partial charge in [-0.25, -0.2) is 26.9 Å². The Hall–Kier alpha value is -2.58. The Morgan fingerprint density at radius 1 is 1.13 bits per heavy atom. The van der Waals surface area contributed by atoms with Gasteiger partial charge in [0, 0.05) is 5.92 Å². The van der Waals surface area contributed by atoms with Crippen LogP contribution < -0.4 is 4.72 Å². The number of hydrogen-bond donors (Lipinski definition) is 1. The Balaban J connectivity index is 1.93. The zero-order chi connectivity index (χ0) is 21.9. The van der Waals surface area contributed by atoms with Gasteiger partial charge < -0.3 is 0 Å². The number of nitrogens with one attached hydrogen (secondary N) is 1. The van der Waals surface area contributed by atoms with Crippen molar-refractivity contribution in [3.05, 3.63) is 76.5 Å². The third-order valence-electron chi connectivity index (χ3n) is 4.62. The maximum atomic E-state index is 14.3.